The van der Waals surface area contributed by atoms with Crippen LogP contribution in [0.3, 0.4) is 0 Å². The highest BCUT2D eigenvalue weighted by atomic mass is 16.5. The van der Waals surface area contributed by atoms with E-state index in [1.807, 2.05) is 6.07 Å². The second-order valence-electron chi connectivity index (χ2n) is 11.4. The van der Waals surface area contributed by atoms with Crippen LogP contribution in [0, 0.1) is 22.7 Å². The number of fused-ring (bicyclic) bond motifs is 5. The van der Waals surface area contributed by atoms with Crippen LogP contribution in [0.1, 0.15) is 83.1 Å². The maximum atomic E-state index is 12.3. The molecule has 0 unspecified atom stereocenters. The van der Waals surface area contributed by atoms with Crippen LogP contribution < -0.4 is 5.63 Å². The first-order valence-electron chi connectivity index (χ1n) is 12.4. The van der Waals surface area contributed by atoms with E-state index < -0.39 is 16.6 Å². The SMILES string of the molecule is CC(=O)O[C@H]1CC[C@]2(CO)[C@H]3CC[C@]4(C)[C@@H](c5ccc(=O)oc5)CC[C@]4(O)[C@@H]3CC[C@]2(O)C1. The predicted molar refractivity (Wildman–Crippen MR) is 119 cm³/mol. The quantitative estimate of drug-likeness (QED) is 0.594. The topological polar surface area (TPSA) is 117 Å². The molecule has 5 rings (SSSR count). The monoisotopic (exact) mass is 460 g/mol. The van der Waals surface area contributed by atoms with Gasteiger partial charge in [-0.05, 0) is 80.8 Å². The summed E-state index contributed by atoms with van der Waals surface area (Å²) < 4.78 is 10.6. The number of rotatable bonds is 3. The fourth-order valence-corrected chi connectivity index (χ4v) is 8.75. The molecule has 0 saturated heterocycles. The summed E-state index contributed by atoms with van der Waals surface area (Å²) in [5.74, 6) is -0.261. The van der Waals surface area contributed by atoms with Crippen LogP contribution in [0.15, 0.2) is 27.6 Å². The molecule has 0 radical (unpaired) electrons. The zero-order valence-electron chi connectivity index (χ0n) is 19.6. The van der Waals surface area contributed by atoms with Crippen molar-refractivity contribution in [3.63, 3.8) is 0 Å². The van der Waals surface area contributed by atoms with Crippen molar-refractivity contribution in [3.8, 4) is 0 Å². The van der Waals surface area contributed by atoms with Gasteiger partial charge >= 0.3 is 11.6 Å². The molecule has 0 spiro atoms. The molecule has 4 aliphatic rings. The highest BCUT2D eigenvalue weighted by Crippen LogP contribution is 2.71. The molecule has 0 aromatic carbocycles. The predicted octanol–water partition coefficient (Wildman–Crippen LogP) is 2.90. The van der Waals surface area contributed by atoms with Crippen LogP contribution in [-0.4, -0.2) is 45.2 Å². The zero-order chi connectivity index (χ0) is 23.6. The molecule has 182 valence electrons. The van der Waals surface area contributed by atoms with Gasteiger partial charge in [0.1, 0.15) is 6.10 Å². The Morgan fingerprint density at radius 3 is 2.52 bits per heavy atom. The number of carbonyl (C=O) groups excluding carboxylic acids is 1. The van der Waals surface area contributed by atoms with Crippen LogP contribution in [0.5, 0.6) is 0 Å². The first-order valence-corrected chi connectivity index (χ1v) is 12.4. The zero-order valence-corrected chi connectivity index (χ0v) is 19.6. The lowest BCUT2D eigenvalue weighted by molar-refractivity contribution is -0.269. The highest BCUT2D eigenvalue weighted by Gasteiger charge is 2.71. The van der Waals surface area contributed by atoms with E-state index >= 15 is 0 Å². The van der Waals surface area contributed by atoms with Crippen molar-refractivity contribution in [2.24, 2.45) is 22.7 Å². The van der Waals surface area contributed by atoms with E-state index in [0.29, 0.717) is 38.5 Å². The Kier molecular flexibility index (Phi) is 5.35. The summed E-state index contributed by atoms with van der Waals surface area (Å²) >= 11 is 0. The van der Waals surface area contributed by atoms with Crippen molar-refractivity contribution in [1.82, 2.24) is 0 Å². The Morgan fingerprint density at radius 1 is 1.09 bits per heavy atom. The van der Waals surface area contributed by atoms with Crippen molar-refractivity contribution in [2.75, 3.05) is 6.61 Å². The smallest absolute Gasteiger partial charge is 0.335 e. The molecule has 4 aliphatic carbocycles. The van der Waals surface area contributed by atoms with Crippen LogP contribution in [-0.2, 0) is 9.53 Å². The summed E-state index contributed by atoms with van der Waals surface area (Å²) in [7, 11) is 0. The van der Waals surface area contributed by atoms with Gasteiger partial charge in [0.15, 0.2) is 0 Å². The van der Waals surface area contributed by atoms with Gasteiger partial charge in [-0.15, -0.1) is 0 Å². The van der Waals surface area contributed by atoms with Crippen molar-refractivity contribution < 1.29 is 29.3 Å². The van der Waals surface area contributed by atoms with E-state index in [9.17, 15) is 24.9 Å². The van der Waals surface area contributed by atoms with E-state index in [1.165, 1.54) is 13.0 Å². The fourth-order valence-electron chi connectivity index (χ4n) is 8.75. The summed E-state index contributed by atoms with van der Waals surface area (Å²) in [5.41, 5.74) is -2.49. The Bertz CT molecular complexity index is 969. The van der Waals surface area contributed by atoms with Gasteiger partial charge in [0.2, 0.25) is 0 Å². The van der Waals surface area contributed by atoms with Gasteiger partial charge in [0.05, 0.1) is 24.1 Å². The summed E-state index contributed by atoms with van der Waals surface area (Å²) in [6, 6.07) is 3.27. The number of hydrogen-bond acceptors (Lipinski definition) is 7. The molecule has 7 nitrogen and oxygen atoms in total. The standard InChI is InChI=1S/C26H36O7/c1-16(28)33-18-5-10-24(15-27)20-6-9-23(2)19(17-3-4-22(29)32-14-17)8-12-26(23,31)21(20)7-11-25(24,30)13-18/h3-4,14,18-21,27,30-31H,5-13,15H2,1-2H3/t18-,19+,20-,21+,23+,24-,25-,26-/m0/s1. The van der Waals surface area contributed by atoms with Crippen molar-refractivity contribution in [2.45, 2.75) is 94.9 Å². The summed E-state index contributed by atoms with van der Waals surface area (Å²) in [6.07, 6.45) is 6.99. The van der Waals surface area contributed by atoms with E-state index in [-0.39, 0.29) is 47.5 Å². The minimum atomic E-state index is -1.10. The molecular weight excluding hydrogens is 424 g/mol. The Morgan fingerprint density at radius 2 is 1.85 bits per heavy atom. The maximum absolute atomic E-state index is 12.3. The minimum absolute atomic E-state index is 0.00468. The number of carbonyl (C=O) groups is 1. The van der Waals surface area contributed by atoms with E-state index in [1.54, 1.807) is 6.26 Å². The Balaban J connectivity index is 1.47. The normalized spacial score (nSPS) is 46.7. The lowest BCUT2D eigenvalue weighted by atomic mass is 9.41. The summed E-state index contributed by atoms with van der Waals surface area (Å²) in [4.78, 5) is 23.0. The molecule has 4 saturated carbocycles. The fraction of sp³-hybridized carbons (Fsp3) is 0.769. The van der Waals surface area contributed by atoms with Crippen LogP contribution >= 0.6 is 0 Å². The molecule has 0 aliphatic heterocycles. The largest absolute Gasteiger partial charge is 0.462 e. The van der Waals surface area contributed by atoms with Crippen LogP contribution in [0.2, 0.25) is 0 Å². The van der Waals surface area contributed by atoms with Gasteiger partial charge in [-0.2, -0.15) is 0 Å². The van der Waals surface area contributed by atoms with Crippen molar-refractivity contribution in [3.05, 3.63) is 34.4 Å². The third-order valence-electron chi connectivity index (χ3n) is 10.4. The molecule has 7 heteroatoms. The van der Waals surface area contributed by atoms with Crippen LogP contribution in [0.4, 0.5) is 0 Å². The minimum Gasteiger partial charge on any atom is -0.462 e. The highest BCUT2D eigenvalue weighted by molar-refractivity contribution is 5.66. The lowest BCUT2D eigenvalue weighted by Crippen LogP contribution is -2.69. The molecule has 1 aromatic rings. The third-order valence-corrected chi connectivity index (χ3v) is 10.4. The first-order chi connectivity index (χ1) is 15.6. The lowest BCUT2D eigenvalue weighted by Gasteiger charge is -2.66. The van der Waals surface area contributed by atoms with E-state index in [4.69, 9.17) is 9.15 Å². The molecule has 8 atom stereocenters. The molecule has 0 amide bonds. The van der Waals surface area contributed by atoms with E-state index in [0.717, 1.165) is 24.8 Å². The molecule has 4 fully saturated rings. The van der Waals surface area contributed by atoms with Gasteiger partial charge in [-0.25, -0.2) is 4.79 Å². The van der Waals surface area contributed by atoms with Gasteiger partial charge in [0.25, 0.3) is 0 Å². The van der Waals surface area contributed by atoms with E-state index in [2.05, 4.69) is 6.92 Å². The molecule has 0 bridgehead atoms. The second-order valence-corrected chi connectivity index (χ2v) is 11.4. The molecule has 1 heterocycles. The van der Waals surface area contributed by atoms with Gasteiger partial charge in [0, 0.05) is 30.2 Å². The molecular formula is C26H36O7. The number of aliphatic hydroxyl groups is 3. The van der Waals surface area contributed by atoms with Gasteiger partial charge < -0.3 is 24.5 Å². The molecule has 3 N–H and O–H groups in total. The van der Waals surface area contributed by atoms with Crippen LogP contribution in [0.25, 0.3) is 0 Å². The average Bonchev–Trinajstić information content (AvgIpc) is 3.04. The number of esters is 1. The number of ether oxygens (including phenoxy) is 1. The first kappa shape index (κ1) is 23.1. The van der Waals surface area contributed by atoms with Gasteiger partial charge in [-0.1, -0.05) is 6.92 Å². The Labute approximate surface area is 194 Å². The van der Waals surface area contributed by atoms with Crippen molar-refractivity contribution in [1.29, 1.82) is 0 Å². The average molecular weight is 461 g/mol. The van der Waals surface area contributed by atoms with Gasteiger partial charge in [-0.3, -0.25) is 4.79 Å². The number of hydrogen-bond donors (Lipinski definition) is 3. The second kappa shape index (κ2) is 7.65. The summed E-state index contributed by atoms with van der Waals surface area (Å²) in [6.45, 7) is 3.42. The van der Waals surface area contributed by atoms with Crippen molar-refractivity contribution >= 4 is 5.97 Å². The third kappa shape index (κ3) is 3.11. The summed E-state index contributed by atoms with van der Waals surface area (Å²) in [5, 5.41) is 34.8. The molecule has 1 aromatic heterocycles. The maximum Gasteiger partial charge on any atom is 0.335 e. The molecule has 33 heavy (non-hydrogen) atoms. The Hall–Kier alpha value is -1.70. The number of aliphatic hydroxyl groups excluding tert-OH is 1.